The zero-order valence-corrected chi connectivity index (χ0v) is 13.7. The molecule has 0 amide bonds. The summed E-state index contributed by atoms with van der Waals surface area (Å²) in [5.74, 6) is 0.724. The first-order valence-electron chi connectivity index (χ1n) is 6.09. The van der Waals surface area contributed by atoms with Crippen molar-refractivity contribution in [1.82, 2.24) is 4.31 Å². The predicted octanol–water partition coefficient (Wildman–Crippen LogP) is 3.75. The number of benzene rings is 1. The van der Waals surface area contributed by atoms with E-state index in [0.29, 0.717) is 17.5 Å². The SMILES string of the molecule is CC(C)CCN(C)S(=O)(=O)c1ccc(CCl)c(Cl)c1. The van der Waals surface area contributed by atoms with E-state index in [1.54, 1.807) is 19.2 Å². The summed E-state index contributed by atoms with van der Waals surface area (Å²) in [6.45, 7) is 4.62. The van der Waals surface area contributed by atoms with Crippen molar-refractivity contribution in [1.29, 1.82) is 0 Å². The molecule has 0 aliphatic carbocycles. The number of hydrogen-bond acceptors (Lipinski definition) is 2. The van der Waals surface area contributed by atoms with E-state index in [2.05, 4.69) is 13.8 Å². The van der Waals surface area contributed by atoms with Gasteiger partial charge in [0.15, 0.2) is 0 Å². The Labute approximate surface area is 125 Å². The van der Waals surface area contributed by atoms with Gasteiger partial charge in [-0.25, -0.2) is 12.7 Å². The summed E-state index contributed by atoms with van der Waals surface area (Å²) in [6.07, 6.45) is 0.823. The van der Waals surface area contributed by atoms with Gasteiger partial charge in [0.25, 0.3) is 0 Å². The van der Waals surface area contributed by atoms with Gasteiger partial charge in [-0.1, -0.05) is 31.5 Å². The minimum Gasteiger partial charge on any atom is -0.207 e. The second-order valence-corrected chi connectivity index (χ2v) is 7.62. The molecule has 0 aliphatic rings. The fourth-order valence-electron chi connectivity index (χ4n) is 1.54. The van der Waals surface area contributed by atoms with Gasteiger partial charge in [0.2, 0.25) is 10.0 Å². The maximum atomic E-state index is 12.3. The largest absolute Gasteiger partial charge is 0.242 e. The minimum absolute atomic E-state index is 0.206. The second-order valence-electron chi connectivity index (χ2n) is 4.90. The van der Waals surface area contributed by atoms with Gasteiger partial charge in [-0.05, 0) is 30.0 Å². The highest BCUT2D eigenvalue weighted by Crippen LogP contribution is 2.24. The van der Waals surface area contributed by atoms with Gasteiger partial charge in [-0.2, -0.15) is 0 Å². The Kier molecular flexibility index (Phi) is 6.12. The third-order valence-electron chi connectivity index (χ3n) is 2.90. The van der Waals surface area contributed by atoms with Crippen LogP contribution in [0.1, 0.15) is 25.8 Å². The smallest absolute Gasteiger partial charge is 0.207 e. The first-order valence-corrected chi connectivity index (χ1v) is 8.45. The maximum Gasteiger partial charge on any atom is 0.242 e. The Morgan fingerprint density at radius 1 is 1.32 bits per heavy atom. The van der Waals surface area contributed by atoms with Crippen molar-refractivity contribution in [2.75, 3.05) is 13.6 Å². The summed E-state index contributed by atoms with van der Waals surface area (Å²) >= 11 is 11.7. The van der Waals surface area contributed by atoms with Crippen LogP contribution in [0.2, 0.25) is 5.02 Å². The highest BCUT2D eigenvalue weighted by Gasteiger charge is 2.21. The summed E-state index contributed by atoms with van der Waals surface area (Å²) in [7, 11) is -1.89. The molecule has 108 valence electrons. The molecular weight excluding hydrogens is 305 g/mol. The van der Waals surface area contributed by atoms with Gasteiger partial charge in [-0.15, -0.1) is 11.6 Å². The molecule has 0 aromatic heterocycles. The zero-order chi connectivity index (χ0) is 14.6. The Morgan fingerprint density at radius 2 is 1.95 bits per heavy atom. The lowest BCUT2D eigenvalue weighted by atomic mass is 10.1. The van der Waals surface area contributed by atoms with Crippen LogP contribution < -0.4 is 0 Å². The topological polar surface area (TPSA) is 37.4 Å². The number of rotatable bonds is 6. The monoisotopic (exact) mass is 323 g/mol. The molecule has 0 unspecified atom stereocenters. The molecule has 0 atom stereocenters. The van der Waals surface area contributed by atoms with E-state index in [1.165, 1.54) is 10.4 Å². The van der Waals surface area contributed by atoms with E-state index in [4.69, 9.17) is 23.2 Å². The zero-order valence-electron chi connectivity index (χ0n) is 11.4. The molecule has 0 spiro atoms. The lowest BCUT2D eigenvalue weighted by Gasteiger charge is -2.18. The fraction of sp³-hybridized carbons (Fsp3) is 0.538. The van der Waals surface area contributed by atoms with E-state index in [1.807, 2.05) is 0 Å². The first-order chi connectivity index (χ1) is 8.78. The Hall–Kier alpha value is -0.290. The van der Waals surface area contributed by atoms with Crippen LogP contribution in [0.5, 0.6) is 0 Å². The van der Waals surface area contributed by atoms with Crippen molar-refractivity contribution in [2.24, 2.45) is 5.92 Å². The fourth-order valence-corrected chi connectivity index (χ4v) is 3.36. The van der Waals surface area contributed by atoms with Crippen LogP contribution in [0.15, 0.2) is 23.1 Å². The highest BCUT2D eigenvalue weighted by atomic mass is 35.5. The molecule has 19 heavy (non-hydrogen) atoms. The van der Waals surface area contributed by atoms with Gasteiger partial charge >= 0.3 is 0 Å². The molecule has 0 fully saturated rings. The molecule has 0 bridgehead atoms. The normalized spacial score (nSPS) is 12.4. The molecule has 0 N–H and O–H groups in total. The molecule has 1 rings (SSSR count). The number of alkyl halides is 1. The Balaban J connectivity index is 2.96. The van der Waals surface area contributed by atoms with Crippen molar-refractivity contribution in [3.63, 3.8) is 0 Å². The van der Waals surface area contributed by atoms with E-state index < -0.39 is 10.0 Å². The summed E-state index contributed by atoms with van der Waals surface area (Å²) in [5.41, 5.74) is 0.729. The van der Waals surface area contributed by atoms with Crippen molar-refractivity contribution < 1.29 is 8.42 Å². The third kappa shape index (κ3) is 4.35. The van der Waals surface area contributed by atoms with E-state index in [9.17, 15) is 8.42 Å². The van der Waals surface area contributed by atoms with Crippen LogP contribution >= 0.6 is 23.2 Å². The van der Waals surface area contributed by atoms with Crippen LogP contribution in [0.25, 0.3) is 0 Å². The molecule has 0 radical (unpaired) electrons. The average molecular weight is 324 g/mol. The first kappa shape index (κ1) is 16.8. The molecule has 6 heteroatoms. The maximum absolute atomic E-state index is 12.3. The highest BCUT2D eigenvalue weighted by molar-refractivity contribution is 7.89. The third-order valence-corrected chi connectivity index (χ3v) is 5.39. The molecular formula is C13H19Cl2NO2S. The summed E-state index contributed by atoms with van der Waals surface area (Å²) < 4.78 is 26.0. The van der Waals surface area contributed by atoms with Crippen LogP contribution in [-0.2, 0) is 15.9 Å². The van der Waals surface area contributed by atoms with E-state index in [-0.39, 0.29) is 10.8 Å². The standard InChI is InChI=1S/C13H19Cl2NO2S/c1-10(2)6-7-16(3)19(17,18)12-5-4-11(9-14)13(15)8-12/h4-5,8,10H,6-7,9H2,1-3H3. The Morgan fingerprint density at radius 3 is 2.42 bits per heavy atom. The minimum atomic E-state index is -3.48. The van der Waals surface area contributed by atoms with Crippen LogP contribution in [0.4, 0.5) is 0 Å². The van der Waals surface area contributed by atoms with Crippen molar-refractivity contribution >= 4 is 33.2 Å². The predicted molar refractivity (Wildman–Crippen MR) is 80.3 cm³/mol. The number of nitrogens with zero attached hydrogens (tertiary/aromatic N) is 1. The molecule has 0 aliphatic heterocycles. The quantitative estimate of drug-likeness (QED) is 0.748. The molecule has 1 aromatic carbocycles. The molecule has 1 aromatic rings. The molecule has 3 nitrogen and oxygen atoms in total. The van der Waals surface area contributed by atoms with E-state index >= 15 is 0 Å². The molecule has 0 heterocycles. The van der Waals surface area contributed by atoms with Crippen molar-refractivity contribution in [3.8, 4) is 0 Å². The van der Waals surface area contributed by atoms with Crippen molar-refractivity contribution in [2.45, 2.75) is 31.0 Å². The van der Waals surface area contributed by atoms with Crippen LogP contribution in [0.3, 0.4) is 0 Å². The summed E-state index contributed by atoms with van der Waals surface area (Å²) in [4.78, 5) is 0.206. The van der Waals surface area contributed by atoms with Gasteiger partial charge in [0.05, 0.1) is 4.90 Å². The van der Waals surface area contributed by atoms with Crippen molar-refractivity contribution in [3.05, 3.63) is 28.8 Å². The van der Waals surface area contributed by atoms with Gasteiger partial charge in [0.1, 0.15) is 0 Å². The Bertz CT molecular complexity index is 529. The van der Waals surface area contributed by atoms with Gasteiger partial charge in [0, 0.05) is 24.5 Å². The molecule has 0 saturated heterocycles. The second kappa shape index (κ2) is 6.93. The average Bonchev–Trinajstić information content (AvgIpc) is 2.35. The van der Waals surface area contributed by atoms with Gasteiger partial charge in [-0.3, -0.25) is 0 Å². The summed E-state index contributed by atoms with van der Waals surface area (Å²) in [5, 5.41) is 0.383. The van der Waals surface area contributed by atoms with Crippen LogP contribution in [-0.4, -0.2) is 26.3 Å². The lowest BCUT2D eigenvalue weighted by molar-refractivity contribution is 0.428. The lowest BCUT2D eigenvalue weighted by Crippen LogP contribution is -2.28. The number of sulfonamides is 1. The van der Waals surface area contributed by atoms with E-state index in [0.717, 1.165) is 12.0 Å². The summed E-state index contributed by atoms with van der Waals surface area (Å²) in [6, 6.07) is 4.66. The van der Waals surface area contributed by atoms with Crippen LogP contribution in [0, 0.1) is 5.92 Å². The number of halogens is 2. The molecule has 0 saturated carbocycles. The van der Waals surface area contributed by atoms with Gasteiger partial charge < -0.3 is 0 Å². The number of hydrogen-bond donors (Lipinski definition) is 0.